The lowest BCUT2D eigenvalue weighted by Crippen LogP contribution is -2.37. The summed E-state index contributed by atoms with van der Waals surface area (Å²) in [5.74, 6) is -0.108. The summed E-state index contributed by atoms with van der Waals surface area (Å²) in [6.45, 7) is 2.24. The van der Waals surface area contributed by atoms with Crippen molar-refractivity contribution in [3.05, 3.63) is 51.1 Å². The number of hydrogen-bond acceptors (Lipinski definition) is 4. The van der Waals surface area contributed by atoms with Gasteiger partial charge in [0.15, 0.2) is 0 Å². The molecule has 1 atom stereocenters. The smallest absolute Gasteiger partial charge is 0.304 e. The van der Waals surface area contributed by atoms with Crippen molar-refractivity contribution in [2.75, 3.05) is 5.32 Å². The molecule has 0 radical (unpaired) electrons. The highest BCUT2D eigenvalue weighted by molar-refractivity contribution is 7.07. The van der Waals surface area contributed by atoms with E-state index in [1.54, 1.807) is 12.3 Å². The predicted molar refractivity (Wildman–Crippen MR) is 76.3 cm³/mol. The van der Waals surface area contributed by atoms with Crippen LogP contribution in [0.1, 0.15) is 12.6 Å². The zero-order valence-corrected chi connectivity index (χ0v) is 11.3. The van der Waals surface area contributed by atoms with E-state index in [0.29, 0.717) is 6.54 Å². The van der Waals surface area contributed by atoms with Crippen molar-refractivity contribution in [2.45, 2.75) is 19.5 Å². The topological polar surface area (TPSA) is 74.0 Å². The quantitative estimate of drug-likeness (QED) is 0.776. The monoisotopic (exact) mass is 277 g/mol. The van der Waals surface area contributed by atoms with Crippen molar-refractivity contribution in [1.82, 2.24) is 10.3 Å². The fourth-order valence-corrected chi connectivity index (χ4v) is 2.11. The fourth-order valence-electron chi connectivity index (χ4n) is 1.53. The molecule has 0 aliphatic rings. The van der Waals surface area contributed by atoms with Gasteiger partial charge in [-0.15, -0.1) is 0 Å². The number of hydrogen-bond donors (Lipinski definition) is 3. The zero-order chi connectivity index (χ0) is 13.7. The summed E-state index contributed by atoms with van der Waals surface area (Å²) >= 11 is 1.12. The van der Waals surface area contributed by atoms with E-state index < -0.39 is 0 Å². The van der Waals surface area contributed by atoms with Gasteiger partial charge in [0.2, 0.25) is 5.91 Å². The third kappa shape index (κ3) is 4.04. The lowest BCUT2D eigenvalue weighted by molar-refractivity contribution is -0.117. The van der Waals surface area contributed by atoms with Crippen LogP contribution in [0.4, 0.5) is 5.69 Å². The van der Waals surface area contributed by atoms with E-state index in [-0.39, 0.29) is 16.8 Å². The van der Waals surface area contributed by atoms with E-state index in [1.165, 1.54) is 0 Å². The van der Waals surface area contributed by atoms with Crippen LogP contribution in [0.15, 0.2) is 40.5 Å². The van der Waals surface area contributed by atoms with Crippen LogP contribution < -0.4 is 15.5 Å². The highest BCUT2D eigenvalue weighted by Gasteiger charge is 2.12. The minimum absolute atomic E-state index is 0.0850. The molecule has 2 rings (SSSR count). The van der Waals surface area contributed by atoms with Gasteiger partial charge < -0.3 is 15.6 Å². The molecule has 19 heavy (non-hydrogen) atoms. The Hall–Kier alpha value is -1.92. The Labute approximate surface area is 114 Å². The average molecular weight is 277 g/mol. The molecule has 3 N–H and O–H groups in total. The van der Waals surface area contributed by atoms with E-state index in [9.17, 15) is 9.59 Å². The van der Waals surface area contributed by atoms with Gasteiger partial charge in [-0.25, -0.2) is 0 Å². The molecular formula is C13H15N3O2S. The lowest BCUT2D eigenvalue weighted by atomic mass is 10.2. The van der Waals surface area contributed by atoms with Gasteiger partial charge in [-0.05, 0) is 19.1 Å². The average Bonchev–Trinajstić information content (AvgIpc) is 2.83. The molecule has 1 heterocycles. The van der Waals surface area contributed by atoms with E-state index in [2.05, 4.69) is 15.6 Å². The second-order valence-electron chi connectivity index (χ2n) is 4.13. The molecular weight excluding hydrogens is 262 g/mol. The summed E-state index contributed by atoms with van der Waals surface area (Å²) < 4.78 is 0. The van der Waals surface area contributed by atoms with Crippen molar-refractivity contribution >= 4 is 22.9 Å². The molecule has 100 valence electrons. The number of amides is 1. The molecule has 0 aliphatic heterocycles. The zero-order valence-electron chi connectivity index (χ0n) is 10.5. The SMILES string of the molecule is CC(NCc1csc(=O)[nH]1)C(=O)Nc1ccccc1. The third-order valence-corrected chi connectivity index (χ3v) is 3.32. The molecule has 1 amide bonds. The summed E-state index contributed by atoms with van der Waals surface area (Å²) in [5.41, 5.74) is 1.56. The molecule has 0 saturated carbocycles. The summed E-state index contributed by atoms with van der Waals surface area (Å²) in [5, 5.41) is 7.62. The molecule has 6 heteroatoms. The maximum atomic E-state index is 11.9. The number of anilines is 1. The molecule has 2 aromatic rings. The largest absolute Gasteiger partial charge is 0.325 e. The standard InChI is InChI=1S/C13H15N3O2S/c1-9(14-7-11-8-19-13(18)16-11)12(17)15-10-5-3-2-4-6-10/h2-6,8-9,14H,7H2,1H3,(H,15,17)(H,16,18). The van der Waals surface area contributed by atoms with Crippen molar-refractivity contribution in [1.29, 1.82) is 0 Å². The molecule has 5 nitrogen and oxygen atoms in total. The minimum Gasteiger partial charge on any atom is -0.325 e. The van der Waals surface area contributed by atoms with Gasteiger partial charge in [0.05, 0.1) is 6.04 Å². The van der Waals surface area contributed by atoms with E-state index in [1.807, 2.05) is 30.3 Å². The first-order valence-corrected chi connectivity index (χ1v) is 6.79. The Morgan fingerprint density at radius 3 is 2.74 bits per heavy atom. The second-order valence-corrected chi connectivity index (χ2v) is 4.97. The van der Waals surface area contributed by atoms with Crippen LogP contribution in [0.5, 0.6) is 0 Å². The Kier molecular flexibility index (Phi) is 4.48. The summed E-state index contributed by atoms with van der Waals surface area (Å²) in [6, 6.07) is 8.95. The van der Waals surface area contributed by atoms with Crippen molar-refractivity contribution in [3.8, 4) is 0 Å². The highest BCUT2D eigenvalue weighted by atomic mass is 32.1. The molecule has 0 spiro atoms. The molecule has 1 aromatic heterocycles. The van der Waals surface area contributed by atoms with Crippen LogP contribution in [0.25, 0.3) is 0 Å². The molecule has 1 aromatic carbocycles. The number of thiazole rings is 1. The van der Waals surface area contributed by atoms with Gasteiger partial charge in [0.1, 0.15) is 0 Å². The summed E-state index contributed by atoms with van der Waals surface area (Å²) in [4.78, 5) is 25.5. The number of para-hydroxylation sites is 1. The summed E-state index contributed by atoms with van der Waals surface area (Å²) in [6.07, 6.45) is 0. The Morgan fingerprint density at radius 2 is 2.11 bits per heavy atom. The van der Waals surface area contributed by atoms with E-state index >= 15 is 0 Å². The lowest BCUT2D eigenvalue weighted by Gasteiger charge is -2.13. The van der Waals surface area contributed by atoms with Crippen LogP contribution in [0.2, 0.25) is 0 Å². The number of aromatic amines is 1. The van der Waals surface area contributed by atoms with Crippen molar-refractivity contribution in [3.63, 3.8) is 0 Å². The van der Waals surface area contributed by atoms with Crippen LogP contribution in [-0.4, -0.2) is 16.9 Å². The molecule has 0 fully saturated rings. The minimum atomic E-state index is -0.344. The second kappa shape index (κ2) is 6.31. The van der Waals surface area contributed by atoms with E-state index in [0.717, 1.165) is 22.7 Å². The van der Waals surface area contributed by atoms with Crippen LogP contribution >= 0.6 is 11.3 Å². The number of carbonyl (C=O) groups is 1. The maximum absolute atomic E-state index is 11.9. The number of aromatic nitrogens is 1. The Balaban J connectivity index is 1.84. The first kappa shape index (κ1) is 13.5. The van der Waals surface area contributed by atoms with Gasteiger partial charge in [-0.1, -0.05) is 29.5 Å². The van der Waals surface area contributed by atoms with Crippen LogP contribution in [0.3, 0.4) is 0 Å². The van der Waals surface area contributed by atoms with Crippen LogP contribution in [-0.2, 0) is 11.3 Å². The number of rotatable bonds is 5. The molecule has 0 saturated heterocycles. The van der Waals surface area contributed by atoms with Gasteiger partial charge in [0, 0.05) is 23.3 Å². The highest BCUT2D eigenvalue weighted by Crippen LogP contribution is 2.05. The fraction of sp³-hybridized carbons (Fsp3) is 0.231. The molecule has 0 aliphatic carbocycles. The predicted octanol–water partition coefficient (Wildman–Crippen LogP) is 1.55. The Morgan fingerprint density at radius 1 is 1.37 bits per heavy atom. The van der Waals surface area contributed by atoms with Gasteiger partial charge in [-0.2, -0.15) is 0 Å². The molecule has 1 unspecified atom stereocenters. The first-order valence-electron chi connectivity index (χ1n) is 5.91. The van der Waals surface area contributed by atoms with Crippen molar-refractivity contribution in [2.24, 2.45) is 0 Å². The van der Waals surface area contributed by atoms with Crippen LogP contribution in [0, 0.1) is 0 Å². The van der Waals surface area contributed by atoms with Gasteiger partial charge in [-0.3, -0.25) is 9.59 Å². The third-order valence-electron chi connectivity index (χ3n) is 2.60. The van der Waals surface area contributed by atoms with E-state index in [4.69, 9.17) is 0 Å². The number of H-pyrrole nitrogens is 1. The van der Waals surface area contributed by atoms with Gasteiger partial charge >= 0.3 is 4.87 Å². The first-order chi connectivity index (χ1) is 9.15. The van der Waals surface area contributed by atoms with Crippen molar-refractivity contribution < 1.29 is 4.79 Å². The summed E-state index contributed by atoms with van der Waals surface area (Å²) in [7, 11) is 0. The number of nitrogens with one attached hydrogen (secondary N) is 3. The Bertz CT molecular complexity index is 591. The maximum Gasteiger partial charge on any atom is 0.304 e. The normalized spacial score (nSPS) is 12.1. The van der Waals surface area contributed by atoms with Gasteiger partial charge in [0.25, 0.3) is 0 Å². The number of carbonyl (C=O) groups excluding carboxylic acids is 1. The molecule has 0 bridgehead atoms. The number of benzene rings is 1.